The highest BCUT2D eigenvalue weighted by molar-refractivity contribution is 7.99. The van der Waals surface area contributed by atoms with Gasteiger partial charge in [-0.05, 0) is 37.6 Å². The number of rotatable bonds is 10. The van der Waals surface area contributed by atoms with Crippen molar-refractivity contribution < 1.29 is 14.3 Å². The number of hydrogen-bond acceptors (Lipinski definition) is 8. The van der Waals surface area contributed by atoms with Gasteiger partial charge in [0.25, 0.3) is 5.91 Å². The summed E-state index contributed by atoms with van der Waals surface area (Å²) in [4.78, 5) is 30.9. The molecule has 0 saturated carbocycles. The number of thiazole rings is 1. The molecule has 0 fully saturated rings. The van der Waals surface area contributed by atoms with E-state index in [2.05, 4.69) is 27.1 Å². The number of hydrogen-bond donors (Lipinski definition) is 1. The van der Waals surface area contributed by atoms with Crippen LogP contribution < -0.4 is 10.1 Å². The topological polar surface area (TPSA) is 102 Å². The molecule has 180 valence electrons. The van der Waals surface area contributed by atoms with Crippen molar-refractivity contribution >= 4 is 51.6 Å². The van der Waals surface area contributed by atoms with Gasteiger partial charge in [-0.2, -0.15) is 0 Å². The molecule has 1 aromatic carbocycles. The fourth-order valence-electron chi connectivity index (χ4n) is 2.84. The third kappa shape index (κ3) is 6.37. The standard InChI is InChI=1S/C22H25ClN6O3S2/c1-6-9-29-17(11-32-15-7-8-16(23)13(2)10-15)26-27-22(29)33-12-18(30)25-21-24-14(3)19(34-21)20(31)28(4)5/h6-8,10H,1,9,11-12H2,2-5H3,(H,24,25,30). The Balaban J connectivity index is 1.62. The summed E-state index contributed by atoms with van der Waals surface area (Å²) in [5, 5.41) is 12.8. The van der Waals surface area contributed by atoms with E-state index in [1.54, 1.807) is 39.2 Å². The minimum atomic E-state index is -0.259. The van der Waals surface area contributed by atoms with Crippen LogP contribution in [0.2, 0.25) is 5.02 Å². The van der Waals surface area contributed by atoms with Gasteiger partial charge in [0.15, 0.2) is 16.1 Å². The number of amides is 2. The maximum atomic E-state index is 12.5. The van der Waals surface area contributed by atoms with Crippen LogP contribution in [0, 0.1) is 13.8 Å². The Morgan fingerprint density at radius 3 is 2.76 bits per heavy atom. The molecule has 0 saturated heterocycles. The van der Waals surface area contributed by atoms with E-state index < -0.39 is 0 Å². The number of carbonyl (C=O) groups is 2. The zero-order valence-corrected chi connectivity index (χ0v) is 21.7. The smallest absolute Gasteiger partial charge is 0.265 e. The third-order valence-corrected chi connectivity index (χ3v) is 7.03. The van der Waals surface area contributed by atoms with Crippen LogP contribution in [0.4, 0.5) is 5.13 Å². The van der Waals surface area contributed by atoms with Crippen molar-refractivity contribution in [2.45, 2.75) is 32.2 Å². The second-order valence-electron chi connectivity index (χ2n) is 7.47. The fourth-order valence-corrected chi connectivity index (χ4v) is 4.72. The number of ether oxygens (including phenoxy) is 1. The molecular formula is C22H25ClN6O3S2. The Morgan fingerprint density at radius 1 is 1.32 bits per heavy atom. The number of benzene rings is 1. The molecule has 9 nitrogen and oxygen atoms in total. The Morgan fingerprint density at radius 2 is 2.09 bits per heavy atom. The van der Waals surface area contributed by atoms with Crippen molar-refractivity contribution in [2.24, 2.45) is 0 Å². The Hall–Kier alpha value is -2.89. The fraction of sp³-hybridized carbons (Fsp3) is 0.318. The highest BCUT2D eigenvalue weighted by Crippen LogP contribution is 2.25. The van der Waals surface area contributed by atoms with Crippen molar-refractivity contribution in [3.8, 4) is 5.75 Å². The molecule has 2 amide bonds. The predicted octanol–water partition coefficient (Wildman–Crippen LogP) is 4.20. The van der Waals surface area contributed by atoms with E-state index in [0.717, 1.165) is 16.9 Å². The molecule has 34 heavy (non-hydrogen) atoms. The summed E-state index contributed by atoms with van der Waals surface area (Å²) in [5.41, 5.74) is 1.50. The van der Waals surface area contributed by atoms with Gasteiger partial charge in [0, 0.05) is 25.7 Å². The number of carbonyl (C=O) groups excluding carboxylic acids is 2. The van der Waals surface area contributed by atoms with Crippen molar-refractivity contribution in [1.29, 1.82) is 0 Å². The molecule has 2 heterocycles. The summed E-state index contributed by atoms with van der Waals surface area (Å²) in [7, 11) is 3.34. The molecular weight excluding hydrogens is 496 g/mol. The average Bonchev–Trinajstić information content (AvgIpc) is 3.35. The zero-order valence-electron chi connectivity index (χ0n) is 19.3. The highest BCUT2D eigenvalue weighted by atomic mass is 35.5. The normalized spacial score (nSPS) is 10.7. The van der Waals surface area contributed by atoms with E-state index in [0.29, 0.717) is 44.0 Å². The summed E-state index contributed by atoms with van der Waals surface area (Å²) >= 11 is 8.46. The first-order valence-corrected chi connectivity index (χ1v) is 12.4. The number of nitrogens with one attached hydrogen (secondary N) is 1. The predicted molar refractivity (Wildman–Crippen MR) is 135 cm³/mol. The maximum absolute atomic E-state index is 12.5. The average molecular weight is 521 g/mol. The SMILES string of the molecule is C=CCn1c(COc2ccc(Cl)c(C)c2)nnc1SCC(=O)Nc1nc(C)c(C(=O)N(C)C)s1. The lowest BCUT2D eigenvalue weighted by molar-refractivity contribution is -0.113. The minimum Gasteiger partial charge on any atom is -0.486 e. The number of halogens is 1. The molecule has 0 aliphatic carbocycles. The van der Waals surface area contributed by atoms with Gasteiger partial charge in [-0.25, -0.2) is 4.98 Å². The number of aromatic nitrogens is 4. The molecule has 0 atom stereocenters. The van der Waals surface area contributed by atoms with Crippen LogP contribution in [0.1, 0.15) is 26.8 Å². The molecule has 0 unspecified atom stereocenters. The van der Waals surface area contributed by atoms with Crippen LogP contribution in [0.25, 0.3) is 0 Å². The molecule has 0 aliphatic heterocycles. The van der Waals surface area contributed by atoms with Crippen molar-refractivity contribution in [3.63, 3.8) is 0 Å². The van der Waals surface area contributed by atoms with Crippen LogP contribution >= 0.6 is 34.7 Å². The molecule has 12 heteroatoms. The van der Waals surface area contributed by atoms with E-state index in [-0.39, 0.29) is 24.2 Å². The molecule has 0 radical (unpaired) electrons. The van der Waals surface area contributed by atoms with Gasteiger partial charge in [0.1, 0.15) is 17.2 Å². The van der Waals surface area contributed by atoms with Crippen molar-refractivity contribution in [3.05, 3.63) is 57.8 Å². The number of nitrogens with zero attached hydrogens (tertiary/aromatic N) is 5. The molecule has 1 N–H and O–H groups in total. The molecule has 0 aliphatic rings. The number of thioether (sulfide) groups is 1. The van der Waals surface area contributed by atoms with Crippen molar-refractivity contribution in [1.82, 2.24) is 24.6 Å². The van der Waals surface area contributed by atoms with Crippen LogP contribution in [0.15, 0.2) is 36.0 Å². The summed E-state index contributed by atoms with van der Waals surface area (Å²) in [6.07, 6.45) is 1.73. The second-order valence-corrected chi connectivity index (χ2v) is 9.82. The Labute approximate surface area is 211 Å². The van der Waals surface area contributed by atoms with E-state index in [1.165, 1.54) is 16.7 Å². The van der Waals surface area contributed by atoms with Gasteiger partial charge >= 0.3 is 0 Å². The van der Waals surface area contributed by atoms with Gasteiger partial charge in [-0.3, -0.25) is 14.2 Å². The zero-order chi connectivity index (χ0) is 24.8. The lowest BCUT2D eigenvalue weighted by Crippen LogP contribution is -2.21. The number of anilines is 1. The molecule has 2 aromatic heterocycles. The van der Waals surface area contributed by atoms with Gasteiger partial charge in [0.2, 0.25) is 5.91 Å². The van der Waals surface area contributed by atoms with Gasteiger partial charge in [-0.15, -0.1) is 16.8 Å². The lowest BCUT2D eigenvalue weighted by atomic mass is 10.2. The third-order valence-electron chi connectivity index (χ3n) is 4.58. The van der Waals surface area contributed by atoms with Gasteiger partial charge in [0.05, 0.1) is 11.4 Å². The lowest BCUT2D eigenvalue weighted by Gasteiger charge is -2.10. The summed E-state index contributed by atoms with van der Waals surface area (Å²) in [6, 6.07) is 5.43. The number of allylic oxidation sites excluding steroid dienone is 1. The Bertz CT molecular complexity index is 1210. The van der Waals surface area contributed by atoms with Crippen LogP contribution in [-0.2, 0) is 17.9 Å². The van der Waals surface area contributed by atoms with Crippen LogP contribution in [-0.4, -0.2) is 56.3 Å². The van der Waals surface area contributed by atoms with E-state index >= 15 is 0 Å². The molecule has 3 aromatic rings. The molecule has 0 bridgehead atoms. The first kappa shape index (κ1) is 25.7. The van der Waals surface area contributed by atoms with E-state index in [9.17, 15) is 9.59 Å². The Kier molecular flexibility index (Phi) is 8.70. The molecule has 3 rings (SSSR count). The highest BCUT2D eigenvalue weighted by Gasteiger charge is 2.19. The molecule has 0 spiro atoms. The van der Waals surface area contributed by atoms with E-state index in [1.807, 2.05) is 17.6 Å². The maximum Gasteiger partial charge on any atom is 0.265 e. The monoisotopic (exact) mass is 520 g/mol. The van der Waals surface area contributed by atoms with E-state index in [4.69, 9.17) is 16.3 Å². The first-order chi connectivity index (χ1) is 16.2. The summed E-state index contributed by atoms with van der Waals surface area (Å²) in [6.45, 7) is 8.11. The number of aryl methyl sites for hydroxylation is 2. The summed E-state index contributed by atoms with van der Waals surface area (Å²) < 4.78 is 7.68. The first-order valence-electron chi connectivity index (χ1n) is 10.2. The quantitative estimate of drug-likeness (QED) is 0.315. The van der Waals surface area contributed by atoms with Crippen LogP contribution in [0.3, 0.4) is 0 Å². The summed E-state index contributed by atoms with van der Waals surface area (Å²) in [5.74, 6) is 0.977. The van der Waals surface area contributed by atoms with Crippen LogP contribution in [0.5, 0.6) is 5.75 Å². The largest absolute Gasteiger partial charge is 0.486 e. The van der Waals surface area contributed by atoms with Gasteiger partial charge in [-0.1, -0.05) is 40.8 Å². The van der Waals surface area contributed by atoms with Crippen molar-refractivity contribution in [2.75, 3.05) is 25.2 Å². The second kappa shape index (κ2) is 11.5. The van der Waals surface area contributed by atoms with Gasteiger partial charge < -0.3 is 15.0 Å². The minimum absolute atomic E-state index is 0.0993.